The second-order valence-corrected chi connectivity index (χ2v) is 6.58. The summed E-state index contributed by atoms with van der Waals surface area (Å²) in [5.74, 6) is -0.452. The molecule has 1 aromatic rings. The molecule has 7 nitrogen and oxygen atoms in total. The van der Waals surface area contributed by atoms with Crippen molar-refractivity contribution in [3.05, 3.63) is 17.5 Å². The normalized spacial score (nSPS) is 25.2. The molecule has 0 saturated carbocycles. The zero-order valence-corrected chi connectivity index (χ0v) is 14.7. The first-order valence-electron chi connectivity index (χ1n) is 8.76. The number of carbonyl (C=O) groups excluding carboxylic acids is 2. The maximum Gasteiger partial charge on any atom is 0.252 e. The Hall–Kier alpha value is -1.89. The van der Waals surface area contributed by atoms with E-state index in [2.05, 4.69) is 5.10 Å². The van der Waals surface area contributed by atoms with Gasteiger partial charge in [-0.05, 0) is 33.1 Å². The van der Waals surface area contributed by atoms with Crippen LogP contribution in [0, 0.1) is 12.8 Å². The lowest BCUT2D eigenvalue weighted by Gasteiger charge is -2.29. The average molecular weight is 334 g/mol. The molecule has 2 fully saturated rings. The topological polar surface area (TPSA) is 67.7 Å². The van der Waals surface area contributed by atoms with E-state index in [4.69, 9.17) is 4.84 Å². The van der Waals surface area contributed by atoms with Crippen LogP contribution in [0.2, 0.25) is 0 Å². The molecule has 2 atom stereocenters. The van der Waals surface area contributed by atoms with E-state index in [-0.39, 0.29) is 24.3 Å². The van der Waals surface area contributed by atoms with Gasteiger partial charge in [0, 0.05) is 37.8 Å². The van der Waals surface area contributed by atoms with E-state index in [9.17, 15) is 9.59 Å². The number of aromatic nitrogens is 2. The van der Waals surface area contributed by atoms with E-state index in [1.165, 1.54) is 5.06 Å². The summed E-state index contributed by atoms with van der Waals surface area (Å²) in [5.41, 5.74) is 1.95. The SMILES string of the molecule is CCN1C(=O)C[C@H](C(=O)N2CCCCCO2)[C@H]1c1cnn(C)c1C. The Labute approximate surface area is 142 Å². The largest absolute Gasteiger partial charge is 0.335 e. The zero-order valence-electron chi connectivity index (χ0n) is 14.7. The van der Waals surface area contributed by atoms with Crippen LogP contribution < -0.4 is 0 Å². The monoisotopic (exact) mass is 334 g/mol. The maximum absolute atomic E-state index is 13.1. The molecule has 0 aliphatic carbocycles. The van der Waals surface area contributed by atoms with Gasteiger partial charge in [-0.1, -0.05) is 0 Å². The highest BCUT2D eigenvalue weighted by molar-refractivity contribution is 5.90. The molecule has 3 rings (SSSR count). The number of carbonyl (C=O) groups is 2. The van der Waals surface area contributed by atoms with Crippen molar-refractivity contribution in [1.29, 1.82) is 0 Å². The molecular formula is C17H26N4O3. The molecule has 3 heterocycles. The number of hydroxylamine groups is 2. The molecule has 0 N–H and O–H groups in total. The first-order valence-corrected chi connectivity index (χ1v) is 8.76. The molecule has 2 saturated heterocycles. The van der Waals surface area contributed by atoms with Gasteiger partial charge < -0.3 is 4.90 Å². The second-order valence-electron chi connectivity index (χ2n) is 6.58. The third kappa shape index (κ3) is 2.92. The van der Waals surface area contributed by atoms with Gasteiger partial charge in [0.2, 0.25) is 5.91 Å². The van der Waals surface area contributed by atoms with Gasteiger partial charge in [0.15, 0.2) is 0 Å². The summed E-state index contributed by atoms with van der Waals surface area (Å²) >= 11 is 0. The Morgan fingerprint density at radius 3 is 2.83 bits per heavy atom. The number of amides is 2. The molecule has 0 aromatic carbocycles. The van der Waals surface area contributed by atoms with Crippen LogP contribution in [0.3, 0.4) is 0 Å². The van der Waals surface area contributed by atoms with E-state index in [1.54, 1.807) is 15.8 Å². The maximum atomic E-state index is 13.1. The molecule has 2 aliphatic rings. The molecule has 24 heavy (non-hydrogen) atoms. The Morgan fingerprint density at radius 2 is 2.17 bits per heavy atom. The quantitative estimate of drug-likeness (QED) is 0.842. The smallest absolute Gasteiger partial charge is 0.252 e. The van der Waals surface area contributed by atoms with Crippen LogP contribution >= 0.6 is 0 Å². The summed E-state index contributed by atoms with van der Waals surface area (Å²) in [7, 11) is 1.88. The lowest BCUT2D eigenvalue weighted by Crippen LogP contribution is -2.39. The van der Waals surface area contributed by atoms with Crippen molar-refractivity contribution >= 4 is 11.8 Å². The lowest BCUT2D eigenvalue weighted by molar-refractivity contribution is -0.189. The number of rotatable bonds is 3. The summed E-state index contributed by atoms with van der Waals surface area (Å²) in [6, 6.07) is -0.254. The standard InChI is InChI=1S/C17H26N4O3/c1-4-20-15(22)10-13(16(20)14-11-18-19(3)12(14)2)17(23)21-8-6-5-7-9-24-21/h11,13,16H,4-10H2,1-3H3/t13-,16-/m0/s1. The molecule has 2 aliphatic heterocycles. The highest BCUT2D eigenvalue weighted by Gasteiger charge is 2.46. The predicted molar refractivity (Wildman–Crippen MR) is 87.7 cm³/mol. The lowest BCUT2D eigenvalue weighted by atomic mass is 9.93. The minimum atomic E-state index is -0.404. The van der Waals surface area contributed by atoms with Gasteiger partial charge in [-0.15, -0.1) is 0 Å². The minimum absolute atomic E-state index is 0.0268. The van der Waals surface area contributed by atoms with Crippen LogP contribution in [0.5, 0.6) is 0 Å². The second kappa shape index (κ2) is 6.93. The molecule has 132 valence electrons. The number of likely N-dealkylation sites (tertiary alicyclic amines) is 1. The fraction of sp³-hybridized carbons (Fsp3) is 0.706. The minimum Gasteiger partial charge on any atom is -0.335 e. The van der Waals surface area contributed by atoms with Crippen LogP contribution in [-0.4, -0.2) is 51.3 Å². The molecule has 0 bridgehead atoms. The fourth-order valence-electron chi connectivity index (χ4n) is 3.71. The van der Waals surface area contributed by atoms with E-state index < -0.39 is 5.92 Å². The predicted octanol–water partition coefficient (Wildman–Crippen LogP) is 1.58. The van der Waals surface area contributed by atoms with Gasteiger partial charge in [-0.2, -0.15) is 5.10 Å². The van der Waals surface area contributed by atoms with Crippen molar-refractivity contribution in [2.45, 2.75) is 45.6 Å². The molecule has 2 amide bonds. The summed E-state index contributed by atoms with van der Waals surface area (Å²) < 4.78 is 1.79. The number of hydrogen-bond donors (Lipinski definition) is 0. The van der Waals surface area contributed by atoms with E-state index >= 15 is 0 Å². The summed E-state index contributed by atoms with van der Waals surface area (Å²) in [4.78, 5) is 32.9. The first kappa shape index (κ1) is 17.0. The molecule has 0 spiro atoms. The zero-order chi connectivity index (χ0) is 17.3. The number of hydrogen-bond acceptors (Lipinski definition) is 4. The van der Waals surface area contributed by atoms with Gasteiger partial charge in [0.25, 0.3) is 5.91 Å². The van der Waals surface area contributed by atoms with Gasteiger partial charge >= 0.3 is 0 Å². The number of nitrogens with zero attached hydrogens (tertiary/aromatic N) is 4. The Morgan fingerprint density at radius 1 is 1.38 bits per heavy atom. The summed E-state index contributed by atoms with van der Waals surface area (Å²) in [6.45, 7) is 5.69. The third-order valence-corrected chi connectivity index (χ3v) is 5.18. The molecule has 0 radical (unpaired) electrons. The van der Waals surface area contributed by atoms with Crippen molar-refractivity contribution in [3.63, 3.8) is 0 Å². The Kier molecular flexibility index (Phi) is 4.89. The molecule has 0 unspecified atom stereocenters. The highest BCUT2D eigenvalue weighted by atomic mass is 16.7. The fourth-order valence-corrected chi connectivity index (χ4v) is 3.71. The van der Waals surface area contributed by atoms with Gasteiger partial charge in [0.1, 0.15) is 0 Å². The van der Waals surface area contributed by atoms with Crippen molar-refractivity contribution in [3.8, 4) is 0 Å². The molecular weight excluding hydrogens is 308 g/mol. The van der Waals surface area contributed by atoms with Crippen molar-refractivity contribution in [1.82, 2.24) is 19.7 Å². The van der Waals surface area contributed by atoms with Gasteiger partial charge in [-0.3, -0.25) is 19.1 Å². The average Bonchev–Trinajstić information content (AvgIpc) is 2.94. The van der Waals surface area contributed by atoms with E-state index in [0.29, 0.717) is 19.7 Å². The Balaban J connectivity index is 1.91. The van der Waals surface area contributed by atoms with Gasteiger partial charge in [0.05, 0.1) is 24.8 Å². The van der Waals surface area contributed by atoms with Crippen LogP contribution in [0.4, 0.5) is 0 Å². The van der Waals surface area contributed by atoms with Crippen molar-refractivity contribution in [2.75, 3.05) is 19.7 Å². The third-order valence-electron chi connectivity index (χ3n) is 5.18. The van der Waals surface area contributed by atoms with E-state index in [1.807, 2.05) is 20.9 Å². The first-order chi connectivity index (χ1) is 11.5. The Bertz CT molecular complexity index is 619. The van der Waals surface area contributed by atoms with Gasteiger partial charge in [-0.25, -0.2) is 5.06 Å². The van der Waals surface area contributed by atoms with Crippen molar-refractivity contribution < 1.29 is 14.4 Å². The number of aryl methyl sites for hydroxylation is 1. The van der Waals surface area contributed by atoms with E-state index in [0.717, 1.165) is 30.5 Å². The van der Waals surface area contributed by atoms with Crippen LogP contribution in [0.25, 0.3) is 0 Å². The van der Waals surface area contributed by atoms with Crippen molar-refractivity contribution in [2.24, 2.45) is 13.0 Å². The summed E-state index contributed by atoms with van der Waals surface area (Å²) in [6.07, 6.45) is 5.01. The van der Waals surface area contributed by atoms with Crippen LogP contribution in [0.1, 0.15) is 49.9 Å². The molecule has 1 aromatic heterocycles. The highest BCUT2D eigenvalue weighted by Crippen LogP contribution is 2.40. The molecule has 7 heteroatoms. The van der Waals surface area contributed by atoms with Crippen LogP contribution in [0.15, 0.2) is 6.20 Å². The van der Waals surface area contributed by atoms with Crippen LogP contribution in [-0.2, 0) is 21.5 Å². The summed E-state index contributed by atoms with van der Waals surface area (Å²) in [5, 5.41) is 5.79.